The first-order valence-corrected chi connectivity index (χ1v) is 7.18. The van der Waals surface area contributed by atoms with E-state index in [2.05, 4.69) is 28.1 Å². The van der Waals surface area contributed by atoms with Gasteiger partial charge in [0.15, 0.2) is 5.78 Å². The molecule has 2 nitrogen and oxygen atoms in total. The number of fused-ring (bicyclic) bond motifs is 1. The highest BCUT2D eigenvalue weighted by atomic mass is 79.9. The van der Waals surface area contributed by atoms with Gasteiger partial charge in [-0.1, -0.05) is 28.1 Å². The van der Waals surface area contributed by atoms with Gasteiger partial charge in [-0.3, -0.25) is 4.79 Å². The van der Waals surface area contributed by atoms with Crippen LogP contribution < -0.4 is 4.74 Å². The Kier molecular flexibility index (Phi) is 3.25. The van der Waals surface area contributed by atoms with Crippen molar-refractivity contribution in [3.63, 3.8) is 0 Å². The van der Waals surface area contributed by atoms with Crippen LogP contribution in [0.15, 0.2) is 34.8 Å². The quantitative estimate of drug-likeness (QED) is 0.729. The highest BCUT2D eigenvalue weighted by Gasteiger charge is 2.32. The van der Waals surface area contributed by atoms with Crippen molar-refractivity contribution in [1.29, 1.82) is 0 Å². The molecule has 3 heteroatoms. The van der Waals surface area contributed by atoms with E-state index in [1.807, 2.05) is 18.2 Å². The van der Waals surface area contributed by atoms with Gasteiger partial charge in [0.1, 0.15) is 11.9 Å². The number of halogens is 1. The van der Waals surface area contributed by atoms with Crippen LogP contribution in [0.4, 0.5) is 0 Å². The molecule has 0 spiro atoms. The molecule has 1 aliphatic heterocycles. The van der Waals surface area contributed by atoms with Gasteiger partial charge in [0.05, 0.1) is 5.56 Å². The van der Waals surface area contributed by atoms with E-state index in [4.69, 9.17) is 4.74 Å². The van der Waals surface area contributed by atoms with Crippen LogP contribution in [0, 0.1) is 5.92 Å². The van der Waals surface area contributed by atoms with E-state index in [-0.39, 0.29) is 11.9 Å². The lowest BCUT2D eigenvalue weighted by Crippen LogP contribution is -2.34. The number of hydrogen-bond acceptors (Lipinski definition) is 2. The van der Waals surface area contributed by atoms with E-state index >= 15 is 0 Å². The first kappa shape index (κ1) is 12.0. The summed E-state index contributed by atoms with van der Waals surface area (Å²) in [6.07, 6.45) is 8.25. The maximum atomic E-state index is 12.2. The Balaban J connectivity index is 1.85. The number of Topliss-reactive ketones (excluding diaryl/α,β-unsaturated/α-hetero) is 1. The molecule has 2 unspecified atom stereocenters. The Bertz CT molecular complexity index is 507. The summed E-state index contributed by atoms with van der Waals surface area (Å²) in [5.41, 5.74) is 0.715. The van der Waals surface area contributed by atoms with E-state index in [1.165, 1.54) is 0 Å². The number of hydrogen-bond donors (Lipinski definition) is 0. The van der Waals surface area contributed by atoms with Crippen molar-refractivity contribution in [1.82, 2.24) is 0 Å². The summed E-state index contributed by atoms with van der Waals surface area (Å²) in [4.78, 5) is 12.2. The second kappa shape index (κ2) is 4.88. The summed E-state index contributed by atoms with van der Waals surface area (Å²) in [6.45, 7) is 0. The van der Waals surface area contributed by atoms with Crippen LogP contribution in [0.25, 0.3) is 0 Å². The van der Waals surface area contributed by atoms with E-state index in [1.54, 1.807) is 0 Å². The van der Waals surface area contributed by atoms with Gasteiger partial charge < -0.3 is 4.74 Å². The number of allylic oxidation sites excluding steroid dienone is 2. The molecule has 0 N–H and O–H groups in total. The van der Waals surface area contributed by atoms with E-state index in [0.29, 0.717) is 17.9 Å². The molecule has 0 radical (unpaired) electrons. The number of carbonyl (C=O) groups is 1. The van der Waals surface area contributed by atoms with Gasteiger partial charge in [0.2, 0.25) is 0 Å². The minimum absolute atomic E-state index is 0.0520. The highest BCUT2D eigenvalue weighted by Crippen LogP contribution is 2.35. The summed E-state index contributed by atoms with van der Waals surface area (Å²) in [7, 11) is 0. The van der Waals surface area contributed by atoms with Gasteiger partial charge >= 0.3 is 0 Å². The molecule has 1 heterocycles. The number of rotatable bonds is 1. The zero-order valence-corrected chi connectivity index (χ0v) is 11.7. The fraction of sp³-hybridized carbons (Fsp3) is 0.400. The summed E-state index contributed by atoms with van der Waals surface area (Å²) in [5.74, 6) is 1.43. The fourth-order valence-electron chi connectivity index (χ4n) is 2.74. The second-order valence-corrected chi connectivity index (χ2v) is 5.88. The first-order valence-electron chi connectivity index (χ1n) is 6.38. The van der Waals surface area contributed by atoms with Crippen LogP contribution in [-0.2, 0) is 0 Å². The van der Waals surface area contributed by atoms with Gasteiger partial charge in [-0.2, -0.15) is 0 Å². The predicted octanol–water partition coefficient (Wildman–Crippen LogP) is 4.14. The molecule has 94 valence electrons. The van der Waals surface area contributed by atoms with Crippen molar-refractivity contribution in [2.45, 2.75) is 31.8 Å². The molecule has 0 saturated heterocycles. The maximum absolute atomic E-state index is 12.2. The standard InChI is InChI=1S/C15H15BrO2/c16-11-6-7-14-12(8-11)13(17)9-15(18-14)10-4-2-1-3-5-10/h1-2,6-8,10,15H,3-5,9H2. The zero-order valence-electron chi connectivity index (χ0n) is 10.1. The van der Waals surface area contributed by atoms with E-state index in [0.717, 1.165) is 29.5 Å². The number of ketones is 1. The van der Waals surface area contributed by atoms with Crippen molar-refractivity contribution in [2.24, 2.45) is 5.92 Å². The van der Waals surface area contributed by atoms with Crippen LogP contribution >= 0.6 is 15.9 Å². The van der Waals surface area contributed by atoms with Crippen LogP contribution in [-0.4, -0.2) is 11.9 Å². The lowest BCUT2D eigenvalue weighted by molar-refractivity contribution is 0.0713. The summed E-state index contributed by atoms with van der Waals surface area (Å²) in [5, 5.41) is 0. The van der Waals surface area contributed by atoms with E-state index < -0.39 is 0 Å². The maximum Gasteiger partial charge on any atom is 0.170 e. The third-order valence-electron chi connectivity index (χ3n) is 3.74. The molecule has 0 bridgehead atoms. The number of carbonyl (C=O) groups excluding carboxylic acids is 1. The molecule has 0 amide bonds. The van der Waals surface area contributed by atoms with Crippen molar-refractivity contribution >= 4 is 21.7 Å². The lowest BCUT2D eigenvalue weighted by atomic mass is 9.85. The molecule has 1 aromatic carbocycles. The highest BCUT2D eigenvalue weighted by molar-refractivity contribution is 9.10. The molecule has 3 rings (SSSR count). The predicted molar refractivity (Wildman–Crippen MR) is 74.0 cm³/mol. The Morgan fingerprint density at radius 2 is 2.17 bits per heavy atom. The van der Waals surface area contributed by atoms with E-state index in [9.17, 15) is 4.79 Å². The monoisotopic (exact) mass is 306 g/mol. The normalized spacial score (nSPS) is 26.6. The van der Waals surface area contributed by atoms with Crippen LogP contribution in [0.2, 0.25) is 0 Å². The zero-order chi connectivity index (χ0) is 12.5. The van der Waals surface area contributed by atoms with Crippen LogP contribution in [0.5, 0.6) is 5.75 Å². The van der Waals surface area contributed by atoms with Crippen molar-refractivity contribution < 1.29 is 9.53 Å². The van der Waals surface area contributed by atoms with Crippen molar-refractivity contribution in [3.8, 4) is 5.75 Å². The second-order valence-electron chi connectivity index (χ2n) is 4.97. The molecular weight excluding hydrogens is 292 g/mol. The lowest BCUT2D eigenvalue weighted by Gasteiger charge is -2.32. The molecule has 0 aromatic heterocycles. The largest absolute Gasteiger partial charge is 0.489 e. The van der Waals surface area contributed by atoms with Crippen molar-refractivity contribution in [2.75, 3.05) is 0 Å². The molecule has 2 atom stereocenters. The van der Waals surface area contributed by atoms with Crippen LogP contribution in [0.1, 0.15) is 36.0 Å². The third-order valence-corrected chi connectivity index (χ3v) is 4.24. The van der Waals surface area contributed by atoms with Gasteiger partial charge in [-0.05, 0) is 37.5 Å². The first-order chi connectivity index (χ1) is 8.74. The molecule has 18 heavy (non-hydrogen) atoms. The minimum Gasteiger partial charge on any atom is -0.489 e. The Labute approximate surface area is 115 Å². The smallest absolute Gasteiger partial charge is 0.170 e. The summed E-state index contributed by atoms with van der Waals surface area (Å²) in [6, 6.07) is 5.67. The minimum atomic E-state index is 0.0520. The summed E-state index contributed by atoms with van der Waals surface area (Å²) >= 11 is 3.39. The molecule has 0 saturated carbocycles. The fourth-order valence-corrected chi connectivity index (χ4v) is 3.10. The van der Waals surface area contributed by atoms with Crippen molar-refractivity contribution in [3.05, 3.63) is 40.4 Å². The Morgan fingerprint density at radius 1 is 1.28 bits per heavy atom. The number of benzene rings is 1. The molecule has 2 aliphatic rings. The number of ether oxygens (including phenoxy) is 1. The molecule has 1 aromatic rings. The van der Waals surface area contributed by atoms with Crippen LogP contribution in [0.3, 0.4) is 0 Å². The average Bonchev–Trinajstić information content (AvgIpc) is 2.40. The van der Waals surface area contributed by atoms with Gasteiger partial charge in [0, 0.05) is 16.8 Å². The topological polar surface area (TPSA) is 26.3 Å². The van der Waals surface area contributed by atoms with Gasteiger partial charge in [-0.25, -0.2) is 0 Å². The molecular formula is C15H15BrO2. The Morgan fingerprint density at radius 3 is 2.94 bits per heavy atom. The average molecular weight is 307 g/mol. The molecule has 0 fully saturated rings. The van der Waals surface area contributed by atoms with Gasteiger partial charge in [-0.15, -0.1) is 0 Å². The van der Waals surface area contributed by atoms with Gasteiger partial charge in [0.25, 0.3) is 0 Å². The Hall–Kier alpha value is -1.09. The summed E-state index contributed by atoms with van der Waals surface area (Å²) < 4.78 is 6.95. The third kappa shape index (κ3) is 2.24. The molecule has 1 aliphatic carbocycles. The SMILES string of the molecule is O=C1CC(C2CC=CCC2)Oc2ccc(Br)cc21.